The Bertz CT molecular complexity index is 3250. The maximum atomic E-state index is 12.5. The number of terminal acetylenes is 2. The molecule has 1 rings (SSSR count). The second kappa shape index (κ2) is 85.4. The molecular formula is C97H202O30P8. The van der Waals surface area contributed by atoms with Gasteiger partial charge in [-0.3, -0.25) is 90.6 Å². The van der Waals surface area contributed by atoms with E-state index in [0.717, 1.165) is 56.9 Å². The first-order valence-corrected chi connectivity index (χ1v) is 62.2. The summed E-state index contributed by atoms with van der Waals surface area (Å²) in [6.07, 6.45) is 33.4. The molecule has 0 fully saturated rings. The van der Waals surface area contributed by atoms with E-state index >= 15 is 0 Å². The largest absolute Gasteiger partial charge is 0.475 e. The first-order chi connectivity index (χ1) is 62.1. The summed E-state index contributed by atoms with van der Waals surface area (Å²) >= 11 is 0. The molecule has 0 N–H and O–H groups in total. The molecule has 1 aromatic rings. The van der Waals surface area contributed by atoms with Gasteiger partial charge in [-0.2, -0.15) is 0 Å². The van der Waals surface area contributed by atoms with Gasteiger partial charge in [0.2, 0.25) is 0 Å². The smallest absolute Gasteiger partial charge is 0.306 e. The summed E-state index contributed by atoms with van der Waals surface area (Å²) < 4.78 is 213. The lowest BCUT2D eigenvalue weighted by atomic mass is 9.93. The van der Waals surface area contributed by atoms with Gasteiger partial charge in [-0.1, -0.05) is 175 Å². The fraction of sp³-hybridized carbons (Fsp3) is 0.897. The molecule has 0 aliphatic heterocycles. The van der Waals surface area contributed by atoms with Crippen molar-refractivity contribution in [2.24, 2.45) is 5.41 Å². The highest BCUT2D eigenvalue weighted by Gasteiger charge is 2.36. The van der Waals surface area contributed by atoms with E-state index in [0.29, 0.717) is 51.9 Å². The molecule has 0 aliphatic rings. The summed E-state index contributed by atoms with van der Waals surface area (Å²) in [5, 5.41) is 0. The Morgan fingerprint density at radius 1 is 0.274 bits per heavy atom. The second-order valence-corrected chi connectivity index (χ2v) is 51.4. The van der Waals surface area contributed by atoms with Gasteiger partial charge < -0.3 is 18.1 Å². The number of unbranched alkanes of at least 4 members (excludes halogenated alkanes) is 16. The Kier molecular flexibility index (Phi) is 93.1. The molecule has 135 heavy (non-hydrogen) atoms. The Morgan fingerprint density at radius 3 is 0.785 bits per heavy atom. The van der Waals surface area contributed by atoms with Gasteiger partial charge in [-0.15, -0.1) is 24.7 Å². The van der Waals surface area contributed by atoms with E-state index in [1.807, 2.05) is 148 Å². The van der Waals surface area contributed by atoms with E-state index in [2.05, 4.69) is 46.5 Å². The van der Waals surface area contributed by atoms with Crippen LogP contribution in [0.3, 0.4) is 0 Å². The van der Waals surface area contributed by atoms with Crippen LogP contribution < -0.4 is 0 Å². The average molecular weight is 2100 g/mol. The molecule has 810 valence electrons. The number of hydrogen-bond acceptors (Lipinski definition) is 30. The molecular weight excluding hydrogens is 1890 g/mol. The van der Waals surface area contributed by atoms with Gasteiger partial charge in [0.1, 0.15) is 0 Å². The third-order valence-corrected chi connectivity index (χ3v) is 30.2. The number of phosphoric ester groups is 6. The summed E-state index contributed by atoms with van der Waals surface area (Å²) in [6, 6.07) is 9.88. The van der Waals surface area contributed by atoms with Crippen molar-refractivity contribution in [3.8, 4) is 24.7 Å². The standard InChI is InChI=1S/C22H47O4P.C14H23O4P.C12H27O4P.C11H21O4P.C11H25O3P.C10H23O4P.C10H19O4P.C7H17O3P/c1-6-7-8-9-10-11-12-13-14-15-16-17-18-19-20-24-27(23,25-21(2)3)26-22(4)5;1-12(2)17-19(15,18-13(3)4)16-11-10-14-8-6-5-7-9-14;1-10(2)15-17(13,16-11(3)4)14-9-8-12(5,6)7;1-7-8-11(6)15-16(12,13-9(2)3)14-10(4)5;1-6-7-8-9-15(12,13-10(2)3)14-11(4)5;2*1-6-7-8-12-15(11,13-9(2)3)14-10(4)5;1-6(2)9-11(5,8)10-7(3)4/h21-22H,6-20H2,1-5H3;5-9,12-13H,10-11H2,1-4H3;10-11H,8-9H2,1-7H3;1,9-11H,8H2,2-6H3;10-11H,6-9H2,1-5H3;9-10H,6-8H2,1-5H3;1,9-10H,7-8H2,2-5H3;6-7H,1-5H3. The lowest BCUT2D eigenvalue weighted by Gasteiger charge is -2.24. The molecule has 0 amide bonds. The van der Waals surface area contributed by atoms with Crippen molar-refractivity contribution in [3.05, 3.63) is 35.9 Å². The van der Waals surface area contributed by atoms with E-state index < -0.39 is 62.1 Å². The van der Waals surface area contributed by atoms with Crippen molar-refractivity contribution >= 4 is 62.1 Å². The summed E-state index contributed by atoms with van der Waals surface area (Å²) in [7, 11) is -26.3. The zero-order chi connectivity index (χ0) is 106. The normalized spacial score (nSPS) is 12.8. The molecule has 0 heterocycles. The number of benzene rings is 1. The lowest BCUT2D eigenvalue weighted by Crippen LogP contribution is -2.14. The quantitative estimate of drug-likeness (QED) is 0.0332. The summed E-state index contributed by atoms with van der Waals surface area (Å²) in [5.41, 5.74) is 1.27. The van der Waals surface area contributed by atoms with Gasteiger partial charge >= 0.3 is 62.1 Å². The number of rotatable bonds is 69. The van der Waals surface area contributed by atoms with Crippen LogP contribution in [-0.2, 0) is 142 Å². The highest BCUT2D eigenvalue weighted by Crippen LogP contribution is 2.57. The van der Waals surface area contributed by atoms with Crippen LogP contribution in [0.25, 0.3) is 0 Å². The van der Waals surface area contributed by atoms with E-state index in [4.69, 9.17) is 112 Å². The van der Waals surface area contributed by atoms with Gasteiger partial charge in [0, 0.05) is 19.5 Å². The van der Waals surface area contributed by atoms with Crippen LogP contribution in [0.4, 0.5) is 0 Å². The van der Waals surface area contributed by atoms with Crippen LogP contribution in [0.15, 0.2) is 30.3 Å². The average Bonchev–Trinajstić information content (AvgIpc) is 0.874. The van der Waals surface area contributed by atoms with Gasteiger partial charge in [-0.25, -0.2) is 27.4 Å². The first-order valence-electron chi connectivity index (χ1n) is 49.7. The number of phosphoric acid groups is 6. The zero-order valence-electron chi connectivity index (χ0n) is 92.2. The van der Waals surface area contributed by atoms with Crippen molar-refractivity contribution in [1.29, 1.82) is 0 Å². The third-order valence-electron chi connectivity index (χ3n) is 15.0. The van der Waals surface area contributed by atoms with Crippen LogP contribution in [0.1, 0.15) is 417 Å². The predicted molar refractivity (Wildman–Crippen MR) is 557 cm³/mol. The summed E-state index contributed by atoms with van der Waals surface area (Å²) in [6.45, 7) is 75.7. The van der Waals surface area contributed by atoms with Crippen molar-refractivity contribution in [3.63, 3.8) is 0 Å². The van der Waals surface area contributed by atoms with Crippen LogP contribution >= 0.6 is 62.1 Å². The molecule has 1 unspecified atom stereocenters. The van der Waals surface area contributed by atoms with E-state index in [1.54, 1.807) is 118 Å². The van der Waals surface area contributed by atoms with Crippen LogP contribution in [0.2, 0.25) is 0 Å². The summed E-state index contributed by atoms with van der Waals surface area (Å²) in [5.74, 6) is 4.83. The van der Waals surface area contributed by atoms with Crippen molar-refractivity contribution in [2.75, 3.05) is 45.9 Å². The van der Waals surface area contributed by atoms with E-state index in [1.165, 1.54) is 83.7 Å². The molecule has 1 atom stereocenters. The Hall–Kier alpha value is -0.700. The van der Waals surface area contributed by atoms with Gasteiger partial charge in [0.25, 0.3) is 0 Å². The fourth-order valence-corrected chi connectivity index (χ4v) is 23.6. The molecule has 0 aliphatic carbocycles. The minimum Gasteiger partial charge on any atom is -0.306 e. The maximum absolute atomic E-state index is 12.5. The Balaban J connectivity index is -0.000000281. The zero-order valence-corrected chi connectivity index (χ0v) is 99.3. The minimum atomic E-state index is -3.51. The van der Waals surface area contributed by atoms with Gasteiger partial charge in [0.05, 0.1) is 143 Å². The Labute approximate surface area is 826 Å². The Morgan fingerprint density at radius 2 is 0.519 bits per heavy atom. The highest BCUT2D eigenvalue weighted by atomic mass is 31.2. The monoisotopic (exact) mass is 2100 g/mol. The number of hydrogen-bond donors (Lipinski definition) is 0. The molecule has 30 nitrogen and oxygen atoms in total. The minimum absolute atomic E-state index is 0.0452. The molecule has 0 bridgehead atoms. The molecule has 0 saturated carbocycles. The molecule has 0 spiro atoms. The SMILES string of the molecule is C#CCC(C)OP(=O)(OC(C)C)OC(C)C.C#CCCOP(=O)(OC(C)C)OC(C)C.CC(C)OP(=O)(OCCC(C)(C)C)OC(C)C.CC(C)OP(=O)(OCCc1ccccc1)OC(C)C.CC(C)OP(C)(=O)OC(C)C.CCCCCCCCCCCCCCCCOP(=O)(OC(C)C)OC(C)C.CCCCCP(=O)(OC(C)C)OC(C)C.CCCCOP(=O)(OC(C)C)OC(C)C. The lowest BCUT2D eigenvalue weighted by molar-refractivity contribution is 0.0524. The van der Waals surface area contributed by atoms with Crippen molar-refractivity contribution < 1.29 is 136 Å². The van der Waals surface area contributed by atoms with Crippen molar-refractivity contribution in [1.82, 2.24) is 0 Å². The van der Waals surface area contributed by atoms with E-state index in [-0.39, 0.29) is 116 Å². The fourth-order valence-electron chi connectivity index (χ4n) is 10.5. The first kappa shape index (κ1) is 147. The van der Waals surface area contributed by atoms with E-state index in [9.17, 15) is 36.5 Å². The maximum Gasteiger partial charge on any atom is 0.475 e. The second-order valence-electron chi connectivity index (χ2n) is 37.9. The van der Waals surface area contributed by atoms with Gasteiger partial charge in [-0.05, 0) is 272 Å². The predicted octanol–water partition coefficient (Wildman–Crippen LogP) is 34.0. The highest BCUT2D eigenvalue weighted by molar-refractivity contribution is 7.54. The van der Waals surface area contributed by atoms with Crippen LogP contribution in [-0.4, -0.2) is 150 Å². The topological polar surface area (TPSA) is 340 Å². The molecule has 0 saturated heterocycles. The third kappa shape index (κ3) is 107. The van der Waals surface area contributed by atoms with Gasteiger partial charge in [0.15, 0.2) is 0 Å². The molecule has 0 aromatic heterocycles. The molecule has 0 radical (unpaired) electrons. The van der Waals surface area contributed by atoms with Crippen LogP contribution in [0.5, 0.6) is 0 Å². The summed E-state index contributed by atoms with van der Waals surface area (Å²) in [4.78, 5) is 0. The van der Waals surface area contributed by atoms with Crippen LogP contribution in [0, 0.1) is 30.1 Å². The molecule has 1 aromatic carbocycles. The molecule has 38 heteroatoms. The van der Waals surface area contributed by atoms with Crippen molar-refractivity contribution in [2.45, 2.75) is 521 Å².